The van der Waals surface area contributed by atoms with Crippen molar-refractivity contribution in [3.05, 3.63) is 61.8 Å². The first-order valence-electron chi connectivity index (χ1n) is 10.8. The van der Waals surface area contributed by atoms with E-state index in [1.807, 2.05) is 0 Å². The summed E-state index contributed by atoms with van der Waals surface area (Å²) in [5.41, 5.74) is 8.98. The minimum Gasteiger partial charge on any atom is -0.384 e. The average Bonchev–Trinajstić information content (AvgIpc) is 2.77. The van der Waals surface area contributed by atoms with E-state index in [2.05, 4.69) is 0 Å². The Morgan fingerprint density at radius 3 is 2.29 bits per heavy atom. The summed E-state index contributed by atoms with van der Waals surface area (Å²) in [5, 5.41) is 0. The third kappa shape index (κ3) is 5.06. The zero-order valence-electron chi connectivity index (χ0n) is 18.6. The SMILES string of the molecule is CCn1c(=O)c(C(=O)CN2CCCC[C@@H]2C(N)=O)c(N)n(Cc2ccc(C(F)(F)F)cc2)c1=O. The number of benzene rings is 1. The van der Waals surface area contributed by atoms with E-state index in [0.717, 1.165) is 34.1 Å². The molecule has 34 heavy (non-hydrogen) atoms. The van der Waals surface area contributed by atoms with Crippen LogP contribution in [-0.2, 0) is 24.1 Å². The van der Waals surface area contributed by atoms with Gasteiger partial charge in [-0.05, 0) is 44.0 Å². The second-order valence-electron chi connectivity index (χ2n) is 8.18. The number of Topliss-reactive ketones (excluding diaryl/α,β-unsaturated/α-hetero) is 1. The number of halogens is 3. The molecule has 2 aromatic rings. The third-order valence-corrected chi connectivity index (χ3v) is 5.97. The van der Waals surface area contributed by atoms with Crippen molar-refractivity contribution in [2.75, 3.05) is 18.8 Å². The van der Waals surface area contributed by atoms with Gasteiger partial charge in [-0.25, -0.2) is 4.79 Å². The van der Waals surface area contributed by atoms with Crippen molar-refractivity contribution in [3.8, 4) is 0 Å². The van der Waals surface area contributed by atoms with Gasteiger partial charge < -0.3 is 11.5 Å². The molecule has 1 aliphatic heterocycles. The standard InChI is InChI=1S/C22H26F3N5O4/c1-2-29-20(33)17(16(31)12-28-10-4-3-5-15(28)19(27)32)18(26)30(21(29)34)11-13-6-8-14(9-7-13)22(23,24)25/h6-9,15H,2-5,10-12,26H2,1H3,(H2,27,32)/t15-/m1/s1. The van der Waals surface area contributed by atoms with Crippen LogP contribution < -0.4 is 22.7 Å². The number of likely N-dealkylation sites (tertiary alicyclic amines) is 1. The summed E-state index contributed by atoms with van der Waals surface area (Å²) in [5.74, 6) is -1.62. The van der Waals surface area contributed by atoms with Gasteiger partial charge in [0.25, 0.3) is 5.56 Å². The van der Waals surface area contributed by atoms with Gasteiger partial charge in [-0.2, -0.15) is 13.2 Å². The zero-order valence-corrected chi connectivity index (χ0v) is 18.6. The molecule has 12 heteroatoms. The number of hydrogen-bond donors (Lipinski definition) is 2. The molecular formula is C22H26F3N5O4. The molecular weight excluding hydrogens is 455 g/mol. The Hall–Kier alpha value is -3.41. The van der Waals surface area contributed by atoms with Crippen LogP contribution >= 0.6 is 0 Å². The minimum absolute atomic E-state index is 0.0428. The normalized spacial score (nSPS) is 17.0. The number of ketones is 1. The number of alkyl halides is 3. The summed E-state index contributed by atoms with van der Waals surface area (Å²) in [6.45, 7) is 1.42. The second kappa shape index (κ2) is 9.84. The molecule has 9 nitrogen and oxygen atoms in total. The lowest BCUT2D eigenvalue weighted by Gasteiger charge is -2.33. The number of aromatic nitrogens is 2. The largest absolute Gasteiger partial charge is 0.416 e. The molecule has 3 rings (SSSR count). The highest BCUT2D eigenvalue weighted by Crippen LogP contribution is 2.29. The molecule has 0 unspecified atom stereocenters. The van der Waals surface area contributed by atoms with E-state index in [4.69, 9.17) is 11.5 Å². The Morgan fingerprint density at radius 1 is 1.09 bits per heavy atom. The van der Waals surface area contributed by atoms with Crippen LogP contribution in [0.25, 0.3) is 0 Å². The maximum Gasteiger partial charge on any atom is 0.416 e. The Labute approximate surface area is 192 Å². The van der Waals surface area contributed by atoms with E-state index in [1.165, 1.54) is 12.1 Å². The molecule has 1 atom stereocenters. The molecule has 1 saturated heterocycles. The maximum atomic E-state index is 13.1. The fourth-order valence-corrected chi connectivity index (χ4v) is 4.16. The molecule has 1 fully saturated rings. The van der Waals surface area contributed by atoms with E-state index in [-0.39, 0.29) is 25.5 Å². The van der Waals surface area contributed by atoms with Crippen molar-refractivity contribution in [1.82, 2.24) is 14.0 Å². The molecule has 4 N–H and O–H groups in total. The van der Waals surface area contributed by atoms with Gasteiger partial charge in [-0.1, -0.05) is 18.6 Å². The minimum atomic E-state index is -4.51. The first-order valence-corrected chi connectivity index (χ1v) is 10.8. The summed E-state index contributed by atoms with van der Waals surface area (Å²) in [6, 6.07) is 3.49. The predicted octanol–water partition coefficient (Wildman–Crippen LogP) is 1.20. The number of nitrogens with two attached hydrogens (primary N) is 2. The van der Waals surface area contributed by atoms with Crippen molar-refractivity contribution in [2.45, 2.75) is 51.5 Å². The summed E-state index contributed by atoms with van der Waals surface area (Å²) in [7, 11) is 0. The van der Waals surface area contributed by atoms with Gasteiger partial charge in [-0.15, -0.1) is 0 Å². The van der Waals surface area contributed by atoms with Crippen LogP contribution in [0.5, 0.6) is 0 Å². The van der Waals surface area contributed by atoms with Crippen LogP contribution in [0.15, 0.2) is 33.9 Å². The summed E-state index contributed by atoms with van der Waals surface area (Å²) < 4.78 is 40.4. The first kappa shape index (κ1) is 25.2. The number of primary amides is 1. The van der Waals surface area contributed by atoms with Gasteiger partial charge in [0.05, 0.1) is 24.7 Å². The number of carbonyl (C=O) groups is 2. The lowest BCUT2D eigenvalue weighted by molar-refractivity contribution is -0.137. The van der Waals surface area contributed by atoms with Crippen LogP contribution in [-0.4, -0.2) is 44.9 Å². The molecule has 1 aromatic carbocycles. The molecule has 0 spiro atoms. The number of hydrogen-bond acceptors (Lipinski definition) is 6. The molecule has 0 bridgehead atoms. The Bertz CT molecular complexity index is 1200. The topological polar surface area (TPSA) is 133 Å². The molecule has 1 amide bonds. The lowest BCUT2D eigenvalue weighted by Crippen LogP contribution is -2.51. The smallest absolute Gasteiger partial charge is 0.384 e. The van der Waals surface area contributed by atoms with Gasteiger partial charge in [0.15, 0.2) is 5.78 Å². The fourth-order valence-electron chi connectivity index (χ4n) is 4.16. The quantitative estimate of drug-likeness (QED) is 0.571. The van der Waals surface area contributed by atoms with Gasteiger partial charge in [0.2, 0.25) is 5.91 Å². The molecule has 0 radical (unpaired) electrons. The van der Waals surface area contributed by atoms with Crippen LogP contribution in [0.3, 0.4) is 0 Å². The molecule has 0 saturated carbocycles. The van der Waals surface area contributed by atoms with Crippen LogP contribution in [0.1, 0.15) is 47.7 Å². The predicted molar refractivity (Wildman–Crippen MR) is 118 cm³/mol. The van der Waals surface area contributed by atoms with Crippen molar-refractivity contribution in [2.24, 2.45) is 5.73 Å². The molecule has 184 valence electrons. The first-order chi connectivity index (χ1) is 16.0. The van der Waals surface area contributed by atoms with Gasteiger partial charge in [0, 0.05) is 6.54 Å². The van der Waals surface area contributed by atoms with Gasteiger partial charge >= 0.3 is 11.9 Å². The highest BCUT2D eigenvalue weighted by molar-refractivity contribution is 6.01. The molecule has 1 aliphatic rings. The van der Waals surface area contributed by atoms with E-state index in [1.54, 1.807) is 11.8 Å². The fraction of sp³-hybridized carbons (Fsp3) is 0.455. The van der Waals surface area contributed by atoms with Crippen molar-refractivity contribution in [1.29, 1.82) is 0 Å². The third-order valence-electron chi connectivity index (χ3n) is 5.97. The van der Waals surface area contributed by atoms with Crippen molar-refractivity contribution < 1.29 is 22.8 Å². The number of amides is 1. The van der Waals surface area contributed by atoms with Crippen molar-refractivity contribution in [3.63, 3.8) is 0 Å². The second-order valence-corrected chi connectivity index (χ2v) is 8.18. The highest BCUT2D eigenvalue weighted by Gasteiger charge is 2.32. The Morgan fingerprint density at radius 2 is 1.74 bits per heavy atom. The lowest BCUT2D eigenvalue weighted by atomic mass is 10.0. The summed E-state index contributed by atoms with van der Waals surface area (Å²) in [6.07, 6.45) is -2.49. The number of nitrogen functional groups attached to an aromatic ring is 1. The number of nitrogens with zero attached hydrogens (tertiary/aromatic N) is 3. The van der Waals surface area contributed by atoms with Crippen molar-refractivity contribution >= 4 is 17.5 Å². The van der Waals surface area contributed by atoms with Crippen LogP contribution in [0, 0.1) is 0 Å². The summed E-state index contributed by atoms with van der Waals surface area (Å²) in [4.78, 5) is 52.3. The van der Waals surface area contributed by atoms with E-state index >= 15 is 0 Å². The molecule has 0 aliphatic carbocycles. The van der Waals surface area contributed by atoms with E-state index < -0.39 is 46.3 Å². The number of anilines is 1. The highest BCUT2D eigenvalue weighted by atomic mass is 19.4. The van der Waals surface area contributed by atoms with Gasteiger partial charge in [-0.3, -0.25) is 28.4 Å². The summed E-state index contributed by atoms with van der Waals surface area (Å²) >= 11 is 0. The number of piperidine rings is 1. The zero-order chi connectivity index (χ0) is 25.2. The molecule has 2 heterocycles. The Kier molecular flexibility index (Phi) is 7.29. The number of rotatable bonds is 7. The van der Waals surface area contributed by atoms with Crippen LogP contribution in [0.4, 0.5) is 19.0 Å². The van der Waals surface area contributed by atoms with E-state index in [9.17, 15) is 32.3 Å². The Balaban J connectivity index is 2.00. The maximum absolute atomic E-state index is 13.1. The molecule has 1 aromatic heterocycles. The average molecular weight is 481 g/mol. The van der Waals surface area contributed by atoms with E-state index in [0.29, 0.717) is 18.5 Å². The van der Waals surface area contributed by atoms with Gasteiger partial charge in [0.1, 0.15) is 11.4 Å². The monoisotopic (exact) mass is 481 g/mol. The van der Waals surface area contributed by atoms with Crippen LogP contribution in [0.2, 0.25) is 0 Å². The number of carbonyl (C=O) groups excluding carboxylic acids is 2.